The molecule has 30 heavy (non-hydrogen) atoms. The number of hydrazone groups is 1. The number of nitrogens with one attached hydrogen (secondary N) is 1. The van der Waals surface area contributed by atoms with Crippen molar-refractivity contribution in [1.29, 1.82) is 0 Å². The second-order valence-electron chi connectivity index (χ2n) is 8.43. The number of non-ortho nitro benzene ring substituents is 1. The normalized spacial score (nSPS) is 17.6. The molecule has 7 heteroatoms. The Bertz CT molecular complexity index is 996. The summed E-state index contributed by atoms with van der Waals surface area (Å²) in [4.78, 5) is 24.9. The van der Waals surface area contributed by atoms with Crippen molar-refractivity contribution >= 4 is 23.5 Å². The Balaban J connectivity index is 1.79. The minimum Gasteiger partial charge on any atom is -0.366 e. The molecule has 1 atom stereocenters. The van der Waals surface area contributed by atoms with Crippen molar-refractivity contribution in [2.45, 2.75) is 52.5 Å². The van der Waals surface area contributed by atoms with Gasteiger partial charge in [0.2, 0.25) is 0 Å². The van der Waals surface area contributed by atoms with Crippen molar-refractivity contribution in [1.82, 2.24) is 5.43 Å². The van der Waals surface area contributed by atoms with Gasteiger partial charge in [0, 0.05) is 35.5 Å². The number of carbonyl (C=O) groups is 1. The van der Waals surface area contributed by atoms with Crippen LogP contribution in [0.2, 0.25) is 0 Å². The van der Waals surface area contributed by atoms with E-state index in [-0.39, 0.29) is 11.2 Å². The van der Waals surface area contributed by atoms with Gasteiger partial charge >= 0.3 is 0 Å². The molecule has 0 aromatic heterocycles. The number of hydrogen-bond acceptors (Lipinski definition) is 5. The van der Waals surface area contributed by atoms with Crippen LogP contribution in [0.3, 0.4) is 0 Å². The molecule has 0 spiro atoms. The van der Waals surface area contributed by atoms with Crippen LogP contribution in [0, 0.1) is 17.0 Å². The van der Waals surface area contributed by atoms with Crippen LogP contribution in [0.5, 0.6) is 0 Å². The highest BCUT2D eigenvalue weighted by Gasteiger charge is 2.35. The summed E-state index contributed by atoms with van der Waals surface area (Å²) >= 11 is 0. The van der Waals surface area contributed by atoms with E-state index in [9.17, 15) is 14.9 Å². The van der Waals surface area contributed by atoms with E-state index in [4.69, 9.17) is 0 Å². The van der Waals surface area contributed by atoms with Gasteiger partial charge in [-0.2, -0.15) is 5.10 Å². The Labute approximate surface area is 176 Å². The molecule has 0 saturated carbocycles. The quantitative estimate of drug-likeness (QED) is 0.438. The van der Waals surface area contributed by atoms with Crippen molar-refractivity contribution in [2.75, 3.05) is 11.4 Å². The highest BCUT2D eigenvalue weighted by molar-refractivity contribution is 5.95. The zero-order valence-corrected chi connectivity index (χ0v) is 18.1. The summed E-state index contributed by atoms with van der Waals surface area (Å²) in [6, 6.07) is 9.79. The van der Waals surface area contributed by atoms with Crippen LogP contribution in [0.25, 0.3) is 0 Å². The van der Waals surface area contributed by atoms with Crippen molar-refractivity contribution in [3.05, 3.63) is 68.8 Å². The van der Waals surface area contributed by atoms with Crippen LogP contribution >= 0.6 is 0 Å². The molecule has 0 fully saturated rings. The second kappa shape index (κ2) is 8.26. The first kappa shape index (κ1) is 21.5. The summed E-state index contributed by atoms with van der Waals surface area (Å²) < 4.78 is 0. The summed E-state index contributed by atoms with van der Waals surface area (Å²) in [6.07, 6.45) is 2.73. The Morgan fingerprint density at radius 2 is 2.00 bits per heavy atom. The number of hydrogen-bond donors (Lipinski definition) is 1. The molecule has 1 N–H and O–H groups in total. The summed E-state index contributed by atoms with van der Waals surface area (Å²) in [5.41, 5.74) is 7.48. The minimum atomic E-state index is -0.500. The van der Waals surface area contributed by atoms with Crippen molar-refractivity contribution in [3.8, 4) is 0 Å². The molecule has 1 aliphatic rings. The van der Waals surface area contributed by atoms with Crippen LogP contribution in [-0.4, -0.2) is 29.1 Å². The monoisotopic (exact) mass is 408 g/mol. The summed E-state index contributed by atoms with van der Waals surface area (Å²) in [6.45, 7) is 12.0. The zero-order valence-electron chi connectivity index (χ0n) is 18.1. The van der Waals surface area contributed by atoms with Gasteiger partial charge in [-0.05, 0) is 81.0 Å². The molecule has 0 unspecified atom stereocenters. The highest BCUT2D eigenvalue weighted by Crippen LogP contribution is 2.43. The lowest BCUT2D eigenvalue weighted by molar-refractivity contribution is -0.384. The first-order valence-electron chi connectivity index (χ1n) is 10.1. The highest BCUT2D eigenvalue weighted by atomic mass is 16.6. The molecule has 0 saturated heterocycles. The predicted octanol–water partition coefficient (Wildman–Crippen LogP) is 4.78. The number of rotatable bonds is 5. The molecular weight excluding hydrogens is 380 g/mol. The van der Waals surface area contributed by atoms with Gasteiger partial charge in [0.1, 0.15) is 0 Å². The van der Waals surface area contributed by atoms with E-state index in [0.717, 1.165) is 24.1 Å². The largest absolute Gasteiger partial charge is 0.366 e. The first-order valence-corrected chi connectivity index (χ1v) is 10.1. The van der Waals surface area contributed by atoms with Crippen LogP contribution in [-0.2, 0) is 0 Å². The Kier molecular flexibility index (Phi) is 5.92. The van der Waals surface area contributed by atoms with Crippen molar-refractivity contribution in [2.24, 2.45) is 5.10 Å². The molecule has 0 radical (unpaired) electrons. The minimum absolute atomic E-state index is 0.0573. The predicted molar refractivity (Wildman–Crippen MR) is 119 cm³/mol. The van der Waals surface area contributed by atoms with E-state index in [0.29, 0.717) is 11.5 Å². The van der Waals surface area contributed by atoms with Gasteiger partial charge in [0.25, 0.3) is 11.6 Å². The zero-order chi connectivity index (χ0) is 22.1. The van der Waals surface area contributed by atoms with Gasteiger partial charge in [-0.1, -0.05) is 6.92 Å². The summed E-state index contributed by atoms with van der Waals surface area (Å²) in [5.74, 6) is 0.0179. The third-order valence-electron chi connectivity index (χ3n) is 5.80. The smallest absolute Gasteiger partial charge is 0.271 e. The van der Waals surface area contributed by atoms with E-state index in [1.165, 1.54) is 35.5 Å². The molecule has 7 nitrogen and oxygen atoms in total. The maximum absolute atomic E-state index is 12.2. The summed E-state index contributed by atoms with van der Waals surface area (Å²) in [7, 11) is 0. The Morgan fingerprint density at radius 1 is 1.33 bits per heavy atom. The molecule has 1 aliphatic heterocycles. The van der Waals surface area contributed by atoms with Crippen LogP contribution < -0.4 is 10.3 Å². The molecule has 3 rings (SSSR count). The molecule has 1 heterocycles. The lowest BCUT2D eigenvalue weighted by atomic mass is 9.79. The SMILES string of the molecule is CCN1c2cc(C)c(/C=N\NC(=O)c3ccc([N+](=O)[O-])cc3)cc2[C@@H](C)CC1(C)C. The summed E-state index contributed by atoms with van der Waals surface area (Å²) in [5, 5.41) is 14.8. The van der Waals surface area contributed by atoms with E-state index in [1.807, 2.05) is 6.92 Å². The number of fused-ring (bicyclic) bond motifs is 1. The van der Waals surface area contributed by atoms with Crippen LogP contribution in [0.4, 0.5) is 11.4 Å². The maximum Gasteiger partial charge on any atom is 0.271 e. The number of carbonyl (C=O) groups excluding carboxylic acids is 1. The third-order valence-corrected chi connectivity index (χ3v) is 5.80. The van der Waals surface area contributed by atoms with Gasteiger partial charge in [-0.3, -0.25) is 14.9 Å². The first-order chi connectivity index (χ1) is 14.1. The van der Waals surface area contributed by atoms with Crippen LogP contribution in [0.15, 0.2) is 41.5 Å². The van der Waals surface area contributed by atoms with E-state index < -0.39 is 10.8 Å². The Morgan fingerprint density at radius 3 is 2.60 bits per heavy atom. The lowest BCUT2D eigenvalue weighted by Crippen LogP contribution is -2.48. The Hall–Kier alpha value is -3.22. The molecule has 1 amide bonds. The van der Waals surface area contributed by atoms with E-state index >= 15 is 0 Å². The maximum atomic E-state index is 12.2. The van der Waals surface area contributed by atoms with Gasteiger partial charge in [0.05, 0.1) is 11.1 Å². The van der Waals surface area contributed by atoms with Crippen LogP contribution in [0.1, 0.15) is 67.1 Å². The fourth-order valence-electron chi connectivity index (χ4n) is 4.35. The van der Waals surface area contributed by atoms with Crippen molar-refractivity contribution < 1.29 is 9.72 Å². The van der Waals surface area contributed by atoms with Crippen molar-refractivity contribution in [3.63, 3.8) is 0 Å². The molecule has 0 aliphatic carbocycles. The number of anilines is 1. The molecule has 2 aromatic rings. The van der Waals surface area contributed by atoms with E-state index in [1.54, 1.807) is 6.21 Å². The number of nitro groups is 1. The lowest BCUT2D eigenvalue weighted by Gasteiger charge is -2.47. The number of benzene rings is 2. The van der Waals surface area contributed by atoms with Gasteiger partial charge in [-0.15, -0.1) is 0 Å². The average Bonchev–Trinajstić information content (AvgIpc) is 2.68. The fourth-order valence-corrected chi connectivity index (χ4v) is 4.35. The standard InChI is InChI=1S/C23H28N4O3/c1-6-26-21-11-15(2)18(12-20(21)16(3)13-23(26,4)5)14-24-25-22(28)17-7-9-19(10-8-17)27(29)30/h7-12,14,16H,6,13H2,1-5H3,(H,25,28)/b24-14-/t16-/m0/s1. The number of nitrogens with zero attached hydrogens (tertiary/aromatic N) is 3. The topological polar surface area (TPSA) is 87.8 Å². The van der Waals surface area contributed by atoms with Gasteiger partial charge in [-0.25, -0.2) is 5.43 Å². The van der Waals surface area contributed by atoms with Gasteiger partial charge < -0.3 is 4.90 Å². The number of amides is 1. The fraction of sp³-hybridized carbons (Fsp3) is 0.391. The number of nitro benzene ring substituents is 1. The average molecular weight is 409 g/mol. The van der Waals surface area contributed by atoms with E-state index in [2.05, 4.69) is 55.3 Å². The molecule has 158 valence electrons. The molecular formula is C23H28N4O3. The third kappa shape index (κ3) is 4.20. The molecule has 0 bridgehead atoms. The van der Waals surface area contributed by atoms with Gasteiger partial charge in [0.15, 0.2) is 0 Å². The number of aryl methyl sites for hydroxylation is 1. The second-order valence-corrected chi connectivity index (χ2v) is 8.43. The molecule has 2 aromatic carbocycles.